The summed E-state index contributed by atoms with van der Waals surface area (Å²) in [5.74, 6) is -6.49. The molecule has 164 valence electrons. The van der Waals surface area contributed by atoms with E-state index in [2.05, 4.69) is 5.10 Å². The maximum atomic E-state index is 13.3. The number of benzene rings is 2. The van der Waals surface area contributed by atoms with Crippen LogP contribution < -0.4 is 10.2 Å². The van der Waals surface area contributed by atoms with Gasteiger partial charge in [0.1, 0.15) is 12.4 Å². The molecule has 0 heterocycles. The number of alkyl halides is 7. The fraction of sp³-hybridized carbons (Fsp3) is 0.235. The first-order chi connectivity index (χ1) is 13.7. The average Bonchev–Trinajstić information content (AvgIpc) is 2.59. The number of hydrogen-bond acceptors (Lipinski definition) is 3. The molecule has 0 saturated heterocycles. The van der Waals surface area contributed by atoms with E-state index in [4.69, 9.17) is 39.5 Å². The summed E-state index contributed by atoms with van der Waals surface area (Å²) in [5, 5.41) is 3.11. The third-order valence-electron chi connectivity index (χ3n) is 3.47. The van der Waals surface area contributed by atoms with E-state index in [0.717, 1.165) is 6.07 Å². The molecule has 30 heavy (non-hydrogen) atoms. The Kier molecular flexibility index (Phi) is 7.36. The minimum atomic E-state index is -6.50. The molecule has 2 aromatic rings. The van der Waals surface area contributed by atoms with E-state index in [1.807, 2.05) is 0 Å². The maximum absolute atomic E-state index is 13.3. The van der Waals surface area contributed by atoms with Crippen molar-refractivity contribution in [2.24, 2.45) is 5.10 Å². The van der Waals surface area contributed by atoms with Gasteiger partial charge in [-0.2, -0.15) is 35.8 Å². The Labute approximate surface area is 180 Å². The second-order valence-corrected chi connectivity index (χ2v) is 7.02. The minimum absolute atomic E-state index is 0.00365. The van der Waals surface area contributed by atoms with Crippen LogP contribution in [0, 0.1) is 0 Å². The molecule has 13 heteroatoms. The summed E-state index contributed by atoms with van der Waals surface area (Å²) < 4.78 is 94.3. The standard InChI is InChI=1S/C17H10Cl3F7N2O/c18-11-3-1-2-9(4-11)8-30-14-10(5-12(19)6-13(14)20)7-28-29-17(26,27)15(21,22)16(23,24)25/h1-7,29H,8H2/b28-7-. The summed E-state index contributed by atoms with van der Waals surface area (Å²) in [5.41, 5.74) is 0.952. The Hall–Kier alpha value is -1.91. The quantitative estimate of drug-likeness (QED) is 0.195. The normalized spacial score (nSPS) is 13.0. The smallest absolute Gasteiger partial charge is 0.462 e. The molecule has 1 N–H and O–H groups in total. The van der Waals surface area contributed by atoms with Crippen LogP contribution in [0.3, 0.4) is 0 Å². The predicted octanol–water partition coefficient (Wildman–Crippen LogP) is 6.94. The fourth-order valence-electron chi connectivity index (χ4n) is 2.04. The van der Waals surface area contributed by atoms with Crippen molar-refractivity contribution >= 4 is 41.0 Å². The van der Waals surface area contributed by atoms with E-state index in [-0.39, 0.29) is 28.0 Å². The Balaban J connectivity index is 2.24. The molecule has 2 rings (SSSR count). The second kappa shape index (κ2) is 9.07. The van der Waals surface area contributed by atoms with Gasteiger partial charge < -0.3 is 4.74 Å². The highest BCUT2D eigenvalue weighted by atomic mass is 35.5. The third kappa shape index (κ3) is 5.61. The van der Waals surface area contributed by atoms with E-state index < -0.39 is 18.1 Å². The van der Waals surface area contributed by atoms with Gasteiger partial charge in [0.15, 0.2) is 0 Å². The zero-order chi connectivity index (χ0) is 22.7. The molecule has 0 bridgehead atoms. The maximum Gasteiger partial charge on any atom is 0.462 e. The first-order valence-corrected chi connectivity index (χ1v) is 8.87. The Bertz CT molecular complexity index is 936. The zero-order valence-corrected chi connectivity index (χ0v) is 16.7. The molecule has 0 amide bonds. The lowest BCUT2D eigenvalue weighted by atomic mass is 10.2. The van der Waals surface area contributed by atoms with Crippen molar-refractivity contribution in [2.45, 2.75) is 24.8 Å². The SMILES string of the molecule is FC(F)(F)C(F)(F)C(F)(F)N/N=C\c1cc(Cl)cc(Cl)c1OCc1cccc(Cl)c1. The molecule has 0 aliphatic rings. The highest BCUT2D eigenvalue weighted by Crippen LogP contribution is 2.45. The van der Waals surface area contributed by atoms with Gasteiger partial charge in [-0.25, -0.2) is 5.43 Å². The number of halogens is 10. The summed E-state index contributed by atoms with van der Waals surface area (Å²) in [7, 11) is 0. The molecule has 2 aromatic carbocycles. The zero-order valence-electron chi connectivity index (χ0n) is 14.4. The van der Waals surface area contributed by atoms with Gasteiger partial charge >= 0.3 is 18.1 Å². The molecule has 0 aliphatic heterocycles. The molecule has 0 radical (unpaired) electrons. The Morgan fingerprint density at radius 1 is 0.933 bits per heavy atom. The first kappa shape index (κ1) is 24.4. The third-order valence-corrected chi connectivity index (χ3v) is 4.20. The number of nitrogens with one attached hydrogen (secondary N) is 1. The molecular formula is C17H10Cl3F7N2O. The molecule has 0 aromatic heterocycles. The van der Waals surface area contributed by atoms with Crippen LogP contribution in [0.15, 0.2) is 41.5 Å². The van der Waals surface area contributed by atoms with Gasteiger partial charge in [-0.1, -0.05) is 46.9 Å². The lowest BCUT2D eigenvalue weighted by Gasteiger charge is -2.27. The van der Waals surface area contributed by atoms with Crippen molar-refractivity contribution in [3.8, 4) is 5.75 Å². The van der Waals surface area contributed by atoms with Crippen LogP contribution in [0.2, 0.25) is 15.1 Å². The van der Waals surface area contributed by atoms with Gasteiger partial charge in [0.2, 0.25) is 0 Å². The summed E-state index contributed by atoms with van der Waals surface area (Å²) in [6.45, 7) is -0.0848. The molecule has 0 atom stereocenters. The molecule has 0 spiro atoms. The second-order valence-electron chi connectivity index (χ2n) is 5.74. The van der Waals surface area contributed by atoms with Gasteiger partial charge in [-0.05, 0) is 29.8 Å². The van der Waals surface area contributed by atoms with Crippen LogP contribution in [0.5, 0.6) is 5.75 Å². The summed E-state index contributed by atoms with van der Waals surface area (Å²) in [6.07, 6.45) is -5.98. The number of hydrazone groups is 1. The summed E-state index contributed by atoms with van der Waals surface area (Å²) >= 11 is 17.7. The summed E-state index contributed by atoms with van der Waals surface area (Å²) in [4.78, 5) is 0. The van der Waals surface area contributed by atoms with Gasteiger partial charge in [-0.3, -0.25) is 0 Å². The molecule has 0 unspecified atom stereocenters. The molecule has 0 saturated carbocycles. The van der Waals surface area contributed by atoms with Crippen molar-refractivity contribution in [3.05, 3.63) is 62.6 Å². The summed E-state index contributed by atoms with van der Waals surface area (Å²) in [6, 6.07) is 3.14. The van der Waals surface area contributed by atoms with E-state index in [1.54, 1.807) is 24.3 Å². The fourth-order valence-corrected chi connectivity index (χ4v) is 2.82. The molecule has 0 fully saturated rings. The van der Waals surface area contributed by atoms with Crippen molar-refractivity contribution in [3.63, 3.8) is 0 Å². The van der Waals surface area contributed by atoms with Crippen LogP contribution >= 0.6 is 34.8 Å². The molecular weight excluding hydrogens is 488 g/mol. The number of nitrogens with zero attached hydrogens (tertiary/aromatic N) is 1. The largest absolute Gasteiger partial charge is 0.487 e. The van der Waals surface area contributed by atoms with Crippen molar-refractivity contribution < 1.29 is 35.5 Å². The van der Waals surface area contributed by atoms with Crippen LogP contribution in [-0.4, -0.2) is 24.4 Å². The van der Waals surface area contributed by atoms with Crippen LogP contribution in [0.1, 0.15) is 11.1 Å². The number of hydrogen-bond donors (Lipinski definition) is 1. The van der Waals surface area contributed by atoms with Gasteiger partial charge in [0.05, 0.1) is 11.2 Å². The number of ether oxygens (including phenoxy) is 1. The minimum Gasteiger partial charge on any atom is -0.487 e. The molecule has 3 nitrogen and oxygen atoms in total. The van der Waals surface area contributed by atoms with E-state index in [0.29, 0.717) is 22.2 Å². The van der Waals surface area contributed by atoms with Crippen LogP contribution in [0.4, 0.5) is 30.7 Å². The van der Waals surface area contributed by atoms with E-state index in [9.17, 15) is 30.7 Å². The lowest BCUT2D eigenvalue weighted by molar-refractivity contribution is -0.361. The number of rotatable bonds is 7. The Morgan fingerprint density at radius 3 is 2.20 bits per heavy atom. The van der Waals surface area contributed by atoms with E-state index >= 15 is 0 Å². The Morgan fingerprint density at radius 2 is 1.60 bits per heavy atom. The highest BCUT2D eigenvalue weighted by molar-refractivity contribution is 6.36. The van der Waals surface area contributed by atoms with Crippen LogP contribution in [-0.2, 0) is 6.61 Å². The first-order valence-electron chi connectivity index (χ1n) is 7.73. The van der Waals surface area contributed by atoms with Crippen LogP contribution in [0.25, 0.3) is 0 Å². The molecule has 0 aliphatic carbocycles. The van der Waals surface area contributed by atoms with Crippen molar-refractivity contribution in [1.29, 1.82) is 0 Å². The predicted molar refractivity (Wildman–Crippen MR) is 98.9 cm³/mol. The average molecular weight is 498 g/mol. The monoisotopic (exact) mass is 496 g/mol. The topological polar surface area (TPSA) is 33.6 Å². The highest BCUT2D eigenvalue weighted by Gasteiger charge is 2.73. The van der Waals surface area contributed by atoms with Crippen molar-refractivity contribution in [2.75, 3.05) is 0 Å². The van der Waals surface area contributed by atoms with Crippen molar-refractivity contribution in [1.82, 2.24) is 5.43 Å². The van der Waals surface area contributed by atoms with Gasteiger partial charge in [0, 0.05) is 15.6 Å². The lowest BCUT2D eigenvalue weighted by Crippen LogP contribution is -2.58. The van der Waals surface area contributed by atoms with E-state index in [1.165, 1.54) is 6.07 Å². The van der Waals surface area contributed by atoms with Gasteiger partial charge in [0.25, 0.3) is 0 Å². The van der Waals surface area contributed by atoms with Gasteiger partial charge in [-0.15, -0.1) is 0 Å².